The summed E-state index contributed by atoms with van der Waals surface area (Å²) in [4.78, 5) is 32.9. The maximum Gasteiger partial charge on any atom is 0.410 e. The highest BCUT2D eigenvalue weighted by molar-refractivity contribution is 5.93. The van der Waals surface area contributed by atoms with Crippen molar-refractivity contribution < 1.29 is 18.7 Å². The number of rotatable bonds is 4. The summed E-state index contributed by atoms with van der Waals surface area (Å²) in [6.07, 6.45) is 4.53. The number of hydrogen-bond acceptors (Lipinski definition) is 4. The molecule has 1 atom stereocenters. The van der Waals surface area contributed by atoms with Crippen LogP contribution in [0.5, 0.6) is 0 Å². The third-order valence-electron chi connectivity index (χ3n) is 5.01. The Morgan fingerprint density at radius 3 is 2.63 bits per heavy atom. The first-order chi connectivity index (χ1) is 14.1. The Bertz CT molecular complexity index is 889. The number of carbonyl (C=O) groups is 2. The Hall–Kier alpha value is -2.90. The molecular weight excluding hydrogens is 387 g/mol. The lowest BCUT2D eigenvalue weighted by molar-refractivity contribution is 0.0244. The van der Waals surface area contributed by atoms with E-state index in [1.807, 2.05) is 20.8 Å². The highest BCUT2D eigenvalue weighted by Crippen LogP contribution is 2.21. The lowest BCUT2D eigenvalue weighted by Gasteiger charge is -2.35. The summed E-state index contributed by atoms with van der Waals surface area (Å²) in [5.41, 5.74) is 0.566. The second kappa shape index (κ2) is 8.85. The van der Waals surface area contributed by atoms with E-state index in [2.05, 4.69) is 4.98 Å². The van der Waals surface area contributed by atoms with Gasteiger partial charge in [-0.1, -0.05) is 0 Å². The molecule has 1 aromatic heterocycles. The molecule has 1 fully saturated rings. The summed E-state index contributed by atoms with van der Waals surface area (Å²) in [6, 6.07) is 5.94. The van der Waals surface area contributed by atoms with Crippen molar-refractivity contribution >= 4 is 12.0 Å². The van der Waals surface area contributed by atoms with Gasteiger partial charge in [-0.3, -0.25) is 9.36 Å². The highest BCUT2D eigenvalue weighted by atomic mass is 19.1. The van der Waals surface area contributed by atoms with Crippen molar-refractivity contribution in [2.24, 2.45) is 5.92 Å². The van der Waals surface area contributed by atoms with Crippen LogP contribution in [0.25, 0.3) is 5.69 Å². The maximum atomic E-state index is 13.2. The van der Waals surface area contributed by atoms with Crippen LogP contribution in [0, 0.1) is 11.7 Å². The molecule has 2 amide bonds. The molecule has 7 nitrogen and oxygen atoms in total. The maximum absolute atomic E-state index is 13.2. The third kappa shape index (κ3) is 5.37. The molecule has 162 valence electrons. The number of aromatic nitrogens is 2. The first kappa shape index (κ1) is 21.8. The summed E-state index contributed by atoms with van der Waals surface area (Å²) in [5.74, 6) is -0.288. The molecule has 3 rings (SSSR count). The van der Waals surface area contributed by atoms with Gasteiger partial charge < -0.3 is 14.5 Å². The minimum Gasteiger partial charge on any atom is -0.444 e. The van der Waals surface area contributed by atoms with Crippen LogP contribution in [0.2, 0.25) is 0 Å². The van der Waals surface area contributed by atoms with Gasteiger partial charge in [-0.15, -0.1) is 0 Å². The van der Waals surface area contributed by atoms with Gasteiger partial charge in [-0.2, -0.15) is 0 Å². The molecule has 2 heterocycles. The van der Waals surface area contributed by atoms with Gasteiger partial charge in [0.2, 0.25) is 0 Å². The van der Waals surface area contributed by atoms with Gasteiger partial charge in [-0.05, 0) is 63.8 Å². The predicted molar refractivity (Wildman–Crippen MR) is 111 cm³/mol. The number of hydrogen-bond donors (Lipinski definition) is 0. The molecule has 2 aromatic rings. The number of ether oxygens (including phenoxy) is 1. The van der Waals surface area contributed by atoms with E-state index in [0.717, 1.165) is 12.8 Å². The number of carbonyl (C=O) groups excluding carboxylic acids is 2. The van der Waals surface area contributed by atoms with E-state index in [1.165, 1.54) is 18.3 Å². The predicted octanol–water partition coefficient (Wildman–Crippen LogP) is 3.73. The van der Waals surface area contributed by atoms with E-state index in [4.69, 9.17) is 4.74 Å². The largest absolute Gasteiger partial charge is 0.444 e. The molecule has 1 aliphatic rings. The molecule has 0 N–H and O–H groups in total. The number of nitrogens with zero attached hydrogens (tertiary/aromatic N) is 4. The van der Waals surface area contributed by atoms with Crippen molar-refractivity contribution in [1.82, 2.24) is 19.4 Å². The zero-order valence-corrected chi connectivity index (χ0v) is 18.0. The average molecular weight is 416 g/mol. The van der Waals surface area contributed by atoms with E-state index >= 15 is 0 Å². The van der Waals surface area contributed by atoms with Crippen molar-refractivity contribution in [2.75, 3.05) is 26.7 Å². The molecule has 1 aromatic carbocycles. The molecular formula is C22H29FN4O3. The first-order valence-corrected chi connectivity index (χ1v) is 10.2. The standard InChI is InChI=1S/C22H29FN4O3/c1-22(2,3)30-21(29)25(4)13-16-6-5-11-26(14-16)20(28)19-12-24-15-27(19)18-9-7-17(23)8-10-18/h7-10,12,15-16H,5-6,11,13-14H2,1-4H3. The van der Waals surface area contributed by atoms with Crippen LogP contribution in [0.1, 0.15) is 44.1 Å². The van der Waals surface area contributed by atoms with Crippen LogP contribution < -0.4 is 0 Å². The third-order valence-corrected chi connectivity index (χ3v) is 5.01. The summed E-state index contributed by atoms with van der Waals surface area (Å²) >= 11 is 0. The molecule has 1 saturated heterocycles. The molecule has 8 heteroatoms. The van der Waals surface area contributed by atoms with E-state index in [1.54, 1.807) is 39.9 Å². The zero-order chi connectivity index (χ0) is 21.9. The Labute approximate surface area is 176 Å². The van der Waals surface area contributed by atoms with Crippen LogP contribution in [0.15, 0.2) is 36.8 Å². The van der Waals surface area contributed by atoms with Gasteiger partial charge in [0.25, 0.3) is 5.91 Å². The summed E-state index contributed by atoms with van der Waals surface area (Å²) < 4.78 is 20.3. The van der Waals surface area contributed by atoms with Crippen LogP contribution in [-0.2, 0) is 4.74 Å². The van der Waals surface area contributed by atoms with Crippen LogP contribution in [0.3, 0.4) is 0 Å². The molecule has 0 bridgehead atoms. The minimum atomic E-state index is -0.543. The Morgan fingerprint density at radius 2 is 1.97 bits per heavy atom. The van der Waals surface area contributed by atoms with Crippen molar-refractivity contribution in [3.63, 3.8) is 0 Å². The van der Waals surface area contributed by atoms with Gasteiger partial charge in [0, 0.05) is 32.4 Å². The van der Waals surface area contributed by atoms with Crippen LogP contribution in [-0.4, -0.2) is 63.6 Å². The number of piperidine rings is 1. The topological polar surface area (TPSA) is 67.7 Å². The van der Waals surface area contributed by atoms with Gasteiger partial charge in [0.05, 0.1) is 12.5 Å². The Kier molecular flexibility index (Phi) is 6.43. The number of imidazole rings is 1. The van der Waals surface area contributed by atoms with Crippen LogP contribution >= 0.6 is 0 Å². The molecule has 1 aliphatic heterocycles. The normalized spacial score (nSPS) is 17.0. The van der Waals surface area contributed by atoms with Gasteiger partial charge >= 0.3 is 6.09 Å². The first-order valence-electron chi connectivity index (χ1n) is 10.2. The van der Waals surface area contributed by atoms with Crippen molar-refractivity contribution in [3.05, 3.63) is 48.3 Å². The second-order valence-corrected chi connectivity index (χ2v) is 8.75. The van der Waals surface area contributed by atoms with Gasteiger partial charge in [-0.25, -0.2) is 14.2 Å². The fraction of sp³-hybridized carbons (Fsp3) is 0.500. The molecule has 30 heavy (non-hydrogen) atoms. The van der Waals surface area contributed by atoms with E-state index in [-0.39, 0.29) is 23.7 Å². The van der Waals surface area contributed by atoms with Crippen LogP contribution in [0.4, 0.5) is 9.18 Å². The average Bonchev–Trinajstić information content (AvgIpc) is 3.16. The SMILES string of the molecule is CN(CC1CCCN(C(=O)c2cncn2-c2ccc(F)cc2)C1)C(=O)OC(C)(C)C. The van der Waals surface area contributed by atoms with E-state index in [9.17, 15) is 14.0 Å². The molecule has 0 aliphatic carbocycles. The monoisotopic (exact) mass is 416 g/mol. The molecule has 1 unspecified atom stereocenters. The second-order valence-electron chi connectivity index (χ2n) is 8.75. The fourth-order valence-electron chi connectivity index (χ4n) is 3.62. The van der Waals surface area contributed by atoms with Gasteiger partial charge in [0.1, 0.15) is 17.1 Å². The van der Waals surface area contributed by atoms with E-state index < -0.39 is 5.60 Å². The minimum absolute atomic E-state index is 0.124. The number of halogens is 1. The summed E-state index contributed by atoms with van der Waals surface area (Å²) in [5, 5.41) is 0. The van der Waals surface area contributed by atoms with Crippen molar-refractivity contribution in [1.29, 1.82) is 0 Å². The number of likely N-dealkylation sites (tertiary alicyclic amines) is 1. The molecule has 0 saturated carbocycles. The zero-order valence-electron chi connectivity index (χ0n) is 18.0. The van der Waals surface area contributed by atoms with Crippen molar-refractivity contribution in [3.8, 4) is 5.69 Å². The summed E-state index contributed by atoms with van der Waals surface area (Å²) in [6.45, 7) is 7.24. The smallest absolute Gasteiger partial charge is 0.410 e. The number of benzene rings is 1. The number of amides is 2. The fourth-order valence-corrected chi connectivity index (χ4v) is 3.62. The van der Waals surface area contributed by atoms with Crippen molar-refractivity contribution in [2.45, 2.75) is 39.2 Å². The lowest BCUT2D eigenvalue weighted by atomic mass is 9.97. The van der Waals surface area contributed by atoms with E-state index in [0.29, 0.717) is 31.0 Å². The summed E-state index contributed by atoms with van der Waals surface area (Å²) in [7, 11) is 1.72. The Morgan fingerprint density at radius 1 is 1.27 bits per heavy atom. The highest BCUT2D eigenvalue weighted by Gasteiger charge is 2.29. The lowest BCUT2D eigenvalue weighted by Crippen LogP contribution is -2.45. The Balaban J connectivity index is 1.66. The molecule has 0 radical (unpaired) electrons. The quantitative estimate of drug-likeness (QED) is 0.762. The molecule has 0 spiro atoms. The van der Waals surface area contributed by atoms with Gasteiger partial charge in [0.15, 0.2) is 0 Å².